The van der Waals surface area contributed by atoms with Gasteiger partial charge in [-0.1, -0.05) is 48.5 Å². The molecule has 1 saturated heterocycles. The summed E-state index contributed by atoms with van der Waals surface area (Å²) in [6.45, 7) is 7.47. The van der Waals surface area contributed by atoms with Gasteiger partial charge in [-0.3, -0.25) is 23.9 Å². The maximum absolute atomic E-state index is 14.4. The van der Waals surface area contributed by atoms with E-state index in [1.807, 2.05) is 37.3 Å². The highest BCUT2D eigenvalue weighted by molar-refractivity contribution is 7.90. The van der Waals surface area contributed by atoms with Gasteiger partial charge >= 0.3 is 5.97 Å². The first-order valence-corrected chi connectivity index (χ1v) is 19.8. The van der Waals surface area contributed by atoms with Gasteiger partial charge in [0.1, 0.15) is 11.7 Å². The van der Waals surface area contributed by atoms with Crippen LogP contribution in [0.5, 0.6) is 5.19 Å². The number of ether oxygens (including phenoxy) is 2. The number of aryl methyl sites for hydroxylation is 1. The minimum absolute atomic E-state index is 0.108. The monoisotopic (exact) mass is 713 g/mol. The number of amides is 2. The highest BCUT2D eigenvalue weighted by atomic mass is 32.2. The quantitative estimate of drug-likeness (QED) is 0.294. The normalized spacial score (nSPS) is 28.9. The van der Waals surface area contributed by atoms with Gasteiger partial charge in [0, 0.05) is 18.8 Å². The molecule has 2 amide bonds. The zero-order valence-corrected chi connectivity index (χ0v) is 30.4. The number of carbonyl (C=O) groups is 4. The second-order valence-corrected chi connectivity index (χ2v) is 18.1. The van der Waals surface area contributed by atoms with E-state index >= 15 is 0 Å². The van der Waals surface area contributed by atoms with Crippen LogP contribution in [0, 0.1) is 24.2 Å². The largest absolute Gasteiger partial charge is 0.465 e. The van der Waals surface area contributed by atoms with Crippen molar-refractivity contribution in [2.45, 2.75) is 121 Å². The second kappa shape index (κ2) is 13.8. The Balaban J connectivity index is 1.29. The zero-order valence-electron chi connectivity index (χ0n) is 28.7. The number of ketones is 1. The third-order valence-corrected chi connectivity index (χ3v) is 12.9. The van der Waals surface area contributed by atoms with Gasteiger partial charge in [-0.05, 0) is 83.8 Å². The van der Waals surface area contributed by atoms with Crippen LogP contribution in [0.25, 0.3) is 10.2 Å². The highest BCUT2D eigenvalue weighted by Crippen LogP contribution is 2.57. The van der Waals surface area contributed by atoms with Gasteiger partial charge in [-0.2, -0.15) is 0 Å². The Kier molecular flexibility index (Phi) is 9.98. The van der Waals surface area contributed by atoms with Crippen molar-refractivity contribution in [1.82, 2.24) is 14.6 Å². The van der Waals surface area contributed by atoms with E-state index in [1.54, 1.807) is 20.8 Å². The van der Waals surface area contributed by atoms with E-state index in [-0.39, 0.29) is 43.4 Å². The molecule has 5 atom stereocenters. The number of hydrogen-bond donors (Lipinski definition) is 1. The number of aromatic nitrogens is 1. The van der Waals surface area contributed by atoms with Crippen molar-refractivity contribution >= 4 is 55.1 Å². The number of sulfonamides is 1. The number of nitrogens with zero attached hydrogens (tertiary/aromatic N) is 2. The maximum atomic E-state index is 14.4. The van der Waals surface area contributed by atoms with Gasteiger partial charge in [-0.15, -0.1) is 0 Å². The number of fused-ring (bicyclic) bond motifs is 3. The summed E-state index contributed by atoms with van der Waals surface area (Å²) in [4.78, 5) is 61.6. The summed E-state index contributed by atoms with van der Waals surface area (Å²) in [5, 5.41) is -0.136. The fraction of sp³-hybridized carbons (Fsp3) is 0.639. The summed E-state index contributed by atoms with van der Waals surface area (Å²) in [7, 11) is -3.82. The lowest BCUT2D eigenvalue weighted by Crippen LogP contribution is -2.46. The van der Waals surface area contributed by atoms with Crippen molar-refractivity contribution in [3.63, 3.8) is 0 Å². The molecule has 11 nitrogen and oxygen atoms in total. The lowest BCUT2D eigenvalue weighted by atomic mass is 9.90. The van der Waals surface area contributed by atoms with Crippen LogP contribution in [0.2, 0.25) is 0 Å². The van der Waals surface area contributed by atoms with Crippen molar-refractivity contribution in [3.05, 3.63) is 35.9 Å². The molecule has 13 heteroatoms. The predicted octanol–water partition coefficient (Wildman–Crippen LogP) is 5.40. The third kappa shape index (κ3) is 8.19. The Hall–Kier alpha value is -3.32. The number of nitrogens with one attached hydrogen (secondary N) is 1. The molecule has 0 unspecified atom stereocenters. The SMILES string of the molecule is Cc1cccc2nc(O[C@@H]3C[C@H]4C(=O)C[C@]5(C(=O)NS(=O)(=O)C6CC6)C[C@@H]5/C=C\CCCCC[C@H](CC(=O)OC(C)(C)C)C(=O)N4C3)sc12. The smallest absolute Gasteiger partial charge is 0.307 e. The molecule has 4 aliphatic rings. The van der Waals surface area contributed by atoms with Crippen LogP contribution < -0.4 is 9.46 Å². The molecule has 2 saturated carbocycles. The Morgan fingerprint density at radius 2 is 1.90 bits per heavy atom. The van der Waals surface area contributed by atoms with Crippen LogP contribution in [-0.2, 0) is 33.9 Å². The van der Waals surface area contributed by atoms with E-state index < -0.39 is 56.2 Å². The summed E-state index contributed by atoms with van der Waals surface area (Å²) < 4.78 is 40.8. The van der Waals surface area contributed by atoms with Crippen molar-refractivity contribution < 1.29 is 37.1 Å². The first kappa shape index (κ1) is 35.5. The first-order chi connectivity index (χ1) is 23.1. The molecule has 1 aromatic heterocycles. The van der Waals surface area contributed by atoms with Crippen molar-refractivity contribution in [1.29, 1.82) is 0 Å². The van der Waals surface area contributed by atoms with Gasteiger partial charge < -0.3 is 14.4 Å². The van der Waals surface area contributed by atoms with Crippen LogP contribution >= 0.6 is 11.3 Å². The lowest BCUT2D eigenvalue weighted by Gasteiger charge is -2.29. The van der Waals surface area contributed by atoms with Crippen LogP contribution in [0.3, 0.4) is 0 Å². The van der Waals surface area contributed by atoms with Crippen LogP contribution in [0.1, 0.15) is 97.0 Å². The summed E-state index contributed by atoms with van der Waals surface area (Å²) in [5.74, 6) is -2.72. The number of hydrogen-bond acceptors (Lipinski definition) is 10. The molecule has 2 aliphatic carbocycles. The molecular formula is C36H47N3O8S2. The summed E-state index contributed by atoms with van der Waals surface area (Å²) >= 11 is 1.41. The molecule has 3 heterocycles. The zero-order chi connectivity index (χ0) is 35.1. The molecule has 1 N–H and O–H groups in total. The number of rotatable bonds is 7. The Morgan fingerprint density at radius 3 is 2.61 bits per heavy atom. The van der Waals surface area contributed by atoms with Gasteiger partial charge in [-0.25, -0.2) is 13.4 Å². The molecule has 0 radical (unpaired) electrons. The van der Waals surface area contributed by atoms with E-state index in [9.17, 15) is 27.6 Å². The summed E-state index contributed by atoms with van der Waals surface area (Å²) in [5.41, 5.74) is -0.0431. The Bertz CT molecular complexity index is 1760. The van der Waals surface area contributed by atoms with Gasteiger partial charge in [0.2, 0.25) is 21.8 Å². The topological polar surface area (TPSA) is 149 Å². The Morgan fingerprint density at radius 1 is 1.12 bits per heavy atom. The molecule has 0 spiro atoms. The van der Waals surface area contributed by atoms with E-state index in [2.05, 4.69) is 9.71 Å². The molecular weight excluding hydrogens is 667 g/mol. The van der Waals surface area contributed by atoms with E-state index in [0.29, 0.717) is 30.9 Å². The molecule has 3 fully saturated rings. The number of thiazole rings is 1. The lowest BCUT2D eigenvalue weighted by molar-refractivity contribution is -0.159. The summed E-state index contributed by atoms with van der Waals surface area (Å²) in [6, 6.07) is 4.93. The predicted molar refractivity (Wildman–Crippen MR) is 185 cm³/mol. The minimum atomic E-state index is -3.82. The average Bonchev–Trinajstić information content (AvgIpc) is 3.90. The van der Waals surface area contributed by atoms with E-state index in [1.165, 1.54) is 16.2 Å². The molecule has 6 rings (SSSR count). The van der Waals surface area contributed by atoms with Gasteiger partial charge in [0.15, 0.2) is 5.78 Å². The van der Waals surface area contributed by atoms with Crippen LogP contribution in [0.4, 0.5) is 0 Å². The second-order valence-electron chi connectivity index (χ2n) is 15.2. The molecule has 49 heavy (non-hydrogen) atoms. The van der Waals surface area contributed by atoms with Gasteiger partial charge in [0.05, 0.1) is 39.9 Å². The maximum Gasteiger partial charge on any atom is 0.307 e. The standard InChI is InChI=1S/C36H47N3O8S2/c1-22-11-10-14-27-31(22)48-34(37-27)46-25-18-28-29(40)20-36(33(43)38-49(44,45)26-15-16-26)19-24(36)13-9-7-5-6-8-12-23(32(42)39(28)21-25)17-30(41)47-35(2,3)4/h9-11,13-14,23-26,28H,5-8,12,15-21H2,1-4H3,(H,38,43)/b13-9-/t23-,24+,25-,28+,36-/m1/s1. The third-order valence-electron chi connectivity index (χ3n) is 10.0. The van der Waals surface area contributed by atoms with Crippen LogP contribution in [0.15, 0.2) is 30.4 Å². The van der Waals surface area contributed by atoms with Gasteiger partial charge in [0.25, 0.3) is 5.19 Å². The van der Waals surface area contributed by atoms with E-state index in [0.717, 1.165) is 41.5 Å². The van der Waals surface area contributed by atoms with Crippen molar-refractivity contribution in [2.75, 3.05) is 6.54 Å². The highest BCUT2D eigenvalue weighted by Gasteiger charge is 2.61. The average molecular weight is 714 g/mol. The fourth-order valence-corrected chi connectivity index (χ4v) is 9.50. The molecule has 0 bridgehead atoms. The molecule has 266 valence electrons. The Labute approximate surface area is 292 Å². The van der Waals surface area contributed by atoms with Crippen LogP contribution in [-0.4, -0.2) is 71.4 Å². The number of carbonyl (C=O) groups excluding carboxylic acids is 4. The molecule has 1 aromatic carbocycles. The fourth-order valence-electron chi connectivity index (χ4n) is 7.16. The first-order valence-electron chi connectivity index (χ1n) is 17.5. The minimum Gasteiger partial charge on any atom is -0.465 e. The van der Waals surface area contributed by atoms with Crippen molar-refractivity contribution in [3.8, 4) is 5.19 Å². The number of Topliss-reactive ketones (excluding diaryl/α,β-unsaturated/α-hetero) is 1. The number of allylic oxidation sites excluding steroid dienone is 2. The molecule has 2 aromatic rings. The van der Waals surface area contributed by atoms with E-state index in [4.69, 9.17) is 9.47 Å². The van der Waals surface area contributed by atoms with Crippen molar-refractivity contribution in [2.24, 2.45) is 17.3 Å². The molecule has 2 aliphatic heterocycles. The summed E-state index contributed by atoms with van der Waals surface area (Å²) in [6.07, 6.45) is 8.30. The number of esters is 1. The number of benzene rings is 1.